The van der Waals surface area contributed by atoms with E-state index in [9.17, 15) is 9.59 Å². The van der Waals surface area contributed by atoms with Crippen molar-refractivity contribution in [3.8, 4) is 28.5 Å². The highest BCUT2D eigenvalue weighted by molar-refractivity contribution is 6.00. The van der Waals surface area contributed by atoms with E-state index < -0.39 is 5.54 Å². The number of amides is 2. The second-order valence-corrected chi connectivity index (χ2v) is 9.79. The molecule has 0 radical (unpaired) electrons. The van der Waals surface area contributed by atoms with Crippen molar-refractivity contribution in [3.63, 3.8) is 0 Å². The first-order valence-corrected chi connectivity index (χ1v) is 12.9. The molecule has 9 nitrogen and oxygen atoms in total. The molecule has 1 aliphatic rings. The standard InChI is InChI=1S/C31H32N4O5/c1-31(30(37)32-18-23-12-8-9-13-26(23)38-2)20-35-25(17-24(33-35)22-10-6-5-7-11-22)29(36)34(31)19-21-14-15-27(39-3)28(16-21)40-4/h5-17H,18-20H2,1-4H3,(H,32,37). The van der Waals surface area contributed by atoms with E-state index in [1.807, 2.05) is 66.7 Å². The summed E-state index contributed by atoms with van der Waals surface area (Å²) in [5, 5.41) is 7.75. The van der Waals surface area contributed by atoms with Crippen LogP contribution in [-0.2, 0) is 24.4 Å². The summed E-state index contributed by atoms with van der Waals surface area (Å²) in [6.45, 7) is 2.39. The van der Waals surface area contributed by atoms with Crippen LogP contribution in [0.5, 0.6) is 17.2 Å². The molecule has 9 heteroatoms. The predicted molar refractivity (Wildman–Crippen MR) is 150 cm³/mol. The van der Waals surface area contributed by atoms with Gasteiger partial charge in [0.15, 0.2) is 11.5 Å². The minimum absolute atomic E-state index is 0.184. The maximum atomic E-state index is 14.0. The average molecular weight is 541 g/mol. The number of carbonyl (C=O) groups excluding carboxylic acids is 2. The molecule has 3 aromatic carbocycles. The second-order valence-electron chi connectivity index (χ2n) is 9.79. The van der Waals surface area contributed by atoms with Crippen LogP contribution in [0.2, 0.25) is 0 Å². The summed E-state index contributed by atoms with van der Waals surface area (Å²) in [6, 6.07) is 24.4. The van der Waals surface area contributed by atoms with Gasteiger partial charge in [-0.3, -0.25) is 14.3 Å². The Kier molecular flexibility index (Phi) is 7.46. The third-order valence-electron chi connectivity index (χ3n) is 7.28. The Morgan fingerprint density at radius 3 is 2.33 bits per heavy atom. The number of ether oxygens (including phenoxy) is 3. The fourth-order valence-corrected chi connectivity index (χ4v) is 5.02. The number of rotatable bonds is 9. The molecule has 0 bridgehead atoms. The van der Waals surface area contributed by atoms with E-state index in [4.69, 9.17) is 19.3 Å². The van der Waals surface area contributed by atoms with Crippen molar-refractivity contribution in [3.05, 3.63) is 95.7 Å². The fraction of sp³-hybridized carbons (Fsp3) is 0.258. The van der Waals surface area contributed by atoms with Crippen molar-refractivity contribution in [1.29, 1.82) is 0 Å². The normalized spacial score (nSPS) is 16.3. The molecule has 4 aromatic rings. The smallest absolute Gasteiger partial charge is 0.273 e. The molecular weight excluding hydrogens is 508 g/mol. The minimum Gasteiger partial charge on any atom is -0.496 e. The molecule has 1 N–H and O–H groups in total. The number of methoxy groups -OCH3 is 3. The van der Waals surface area contributed by atoms with Gasteiger partial charge in [-0.1, -0.05) is 54.6 Å². The molecule has 2 heterocycles. The van der Waals surface area contributed by atoms with Crippen LogP contribution in [-0.4, -0.2) is 53.4 Å². The summed E-state index contributed by atoms with van der Waals surface area (Å²) in [6.07, 6.45) is 0. The topological polar surface area (TPSA) is 94.9 Å². The summed E-state index contributed by atoms with van der Waals surface area (Å²) in [5.74, 6) is 1.22. The number of nitrogens with one attached hydrogen (secondary N) is 1. The van der Waals surface area contributed by atoms with Gasteiger partial charge in [0.05, 0.1) is 33.6 Å². The van der Waals surface area contributed by atoms with Gasteiger partial charge in [-0.15, -0.1) is 0 Å². The molecule has 0 spiro atoms. The van der Waals surface area contributed by atoms with Crippen LogP contribution < -0.4 is 19.5 Å². The Morgan fingerprint density at radius 2 is 1.60 bits per heavy atom. The van der Waals surface area contributed by atoms with Gasteiger partial charge in [-0.25, -0.2) is 0 Å². The van der Waals surface area contributed by atoms with E-state index in [1.165, 1.54) is 0 Å². The molecule has 0 saturated heterocycles. The first-order chi connectivity index (χ1) is 19.4. The van der Waals surface area contributed by atoms with Crippen molar-refractivity contribution >= 4 is 11.8 Å². The Bertz CT molecular complexity index is 1530. The minimum atomic E-state index is -1.24. The van der Waals surface area contributed by atoms with Crippen LogP contribution in [0.25, 0.3) is 11.3 Å². The van der Waals surface area contributed by atoms with E-state index >= 15 is 0 Å². The molecule has 206 valence electrons. The van der Waals surface area contributed by atoms with Gasteiger partial charge in [-0.05, 0) is 36.8 Å². The zero-order chi connectivity index (χ0) is 28.3. The summed E-state index contributed by atoms with van der Waals surface area (Å²) < 4.78 is 17.9. The molecule has 1 aliphatic heterocycles. The average Bonchev–Trinajstić information content (AvgIpc) is 3.42. The quantitative estimate of drug-likeness (QED) is 0.340. The molecule has 0 saturated carbocycles. The van der Waals surface area contributed by atoms with E-state index in [-0.39, 0.29) is 31.4 Å². The molecule has 0 aliphatic carbocycles. The summed E-state index contributed by atoms with van der Waals surface area (Å²) in [5.41, 5.74) is 2.39. The summed E-state index contributed by atoms with van der Waals surface area (Å²) >= 11 is 0. The lowest BCUT2D eigenvalue weighted by Gasteiger charge is -2.43. The Balaban J connectivity index is 1.51. The van der Waals surface area contributed by atoms with Crippen LogP contribution in [0.3, 0.4) is 0 Å². The van der Waals surface area contributed by atoms with Crippen molar-refractivity contribution in [2.24, 2.45) is 0 Å². The highest BCUT2D eigenvalue weighted by atomic mass is 16.5. The maximum Gasteiger partial charge on any atom is 0.273 e. The number of carbonyl (C=O) groups is 2. The van der Waals surface area contributed by atoms with E-state index in [0.717, 1.165) is 16.7 Å². The van der Waals surface area contributed by atoms with Gasteiger partial charge in [-0.2, -0.15) is 5.10 Å². The number of hydrogen-bond donors (Lipinski definition) is 1. The van der Waals surface area contributed by atoms with Crippen molar-refractivity contribution in [1.82, 2.24) is 20.0 Å². The zero-order valence-electron chi connectivity index (χ0n) is 23.0. The molecule has 5 rings (SSSR count). The first-order valence-electron chi connectivity index (χ1n) is 12.9. The van der Waals surface area contributed by atoms with Crippen molar-refractivity contribution in [2.45, 2.75) is 32.1 Å². The number of aromatic nitrogens is 2. The molecule has 1 aromatic heterocycles. The third-order valence-corrected chi connectivity index (χ3v) is 7.28. The number of fused-ring (bicyclic) bond motifs is 1. The first kappa shape index (κ1) is 26.8. The fourth-order valence-electron chi connectivity index (χ4n) is 5.02. The van der Waals surface area contributed by atoms with Crippen molar-refractivity contribution in [2.75, 3.05) is 21.3 Å². The van der Waals surface area contributed by atoms with Gasteiger partial charge in [0.2, 0.25) is 5.91 Å². The summed E-state index contributed by atoms with van der Waals surface area (Å²) in [7, 11) is 4.73. The monoisotopic (exact) mass is 540 g/mol. The van der Waals surface area contributed by atoms with Crippen LogP contribution in [0.4, 0.5) is 0 Å². The molecular formula is C31H32N4O5. The second kappa shape index (κ2) is 11.1. The molecule has 40 heavy (non-hydrogen) atoms. The van der Waals surface area contributed by atoms with E-state index in [0.29, 0.717) is 28.6 Å². The van der Waals surface area contributed by atoms with Crippen LogP contribution in [0.1, 0.15) is 28.5 Å². The Morgan fingerprint density at radius 1 is 0.900 bits per heavy atom. The molecule has 1 atom stereocenters. The highest BCUT2D eigenvalue weighted by Crippen LogP contribution is 2.34. The number of hydrogen-bond acceptors (Lipinski definition) is 6. The van der Waals surface area contributed by atoms with E-state index in [2.05, 4.69) is 5.32 Å². The Hall–Kier alpha value is -4.79. The third kappa shape index (κ3) is 4.98. The predicted octanol–water partition coefficient (Wildman–Crippen LogP) is 4.31. The Labute approximate surface area is 233 Å². The molecule has 0 fully saturated rings. The number of nitrogens with zero attached hydrogens (tertiary/aromatic N) is 3. The van der Waals surface area contributed by atoms with Gasteiger partial charge < -0.3 is 24.4 Å². The number of benzene rings is 3. The lowest BCUT2D eigenvalue weighted by molar-refractivity contribution is -0.133. The van der Waals surface area contributed by atoms with Gasteiger partial charge >= 0.3 is 0 Å². The highest BCUT2D eigenvalue weighted by Gasteiger charge is 2.48. The van der Waals surface area contributed by atoms with Crippen LogP contribution in [0, 0.1) is 0 Å². The van der Waals surface area contributed by atoms with Crippen LogP contribution in [0.15, 0.2) is 78.9 Å². The lowest BCUT2D eigenvalue weighted by Crippen LogP contribution is -2.63. The largest absolute Gasteiger partial charge is 0.496 e. The van der Waals surface area contributed by atoms with Gasteiger partial charge in [0, 0.05) is 24.2 Å². The van der Waals surface area contributed by atoms with E-state index in [1.54, 1.807) is 50.0 Å². The summed E-state index contributed by atoms with van der Waals surface area (Å²) in [4.78, 5) is 29.6. The SMILES string of the molecule is COc1ccccc1CNC(=O)C1(C)Cn2nc(-c3ccccc3)cc2C(=O)N1Cc1ccc(OC)c(OC)c1. The molecule has 1 unspecified atom stereocenters. The van der Waals surface area contributed by atoms with Gasteiger partial charge in [0.25, 0.3) is 5.91 Å². The lowest BCUT2D eigenvalue weighted by atomic mass is 9.93. The zero-order valence-corrected chi connectivity index (χ0v) is 23.0. The molecule has 2 amide bonds. The van der Waals surface area contributed by atoms with Crippen molar-refractivity contribution < 1.29 is 23.8 Å². The van der Waals surface area contributed by atoms with Gasteiger partial charge in [0.1, 0.15) is 17.0 Å². The van der Waals surface area contributed by atoms with Crippen LogP contribution >= 0.6 is 0 Å². The number of para-hydroxylation sites is 1. The maximum absolute atomic E-state index is 14.0.